The van der Waals surface area contributed by atoms with Crippen LogP contribution in [0.2, 0.25) is 0 Å². The smallest absolute Gasteiger partial charge is 0.410 e. The fourth-order valence-electron chi connectivity index (χ4n) is 5.09. The maximum absolute atomic E-state index is 12.5. The summed E-state index contributed by atoms with van der Waals surface area (Å²) in [5, 5.41) is 8.01. The van der Waals surface area contributed by atoms with Gasteiger partial charge in [0.25, 0.3) is 0 Å². The van der Waals surface area contributed by atoms with E-state index in [2.05, 4.69) is 34.4 Å². The maximum Gasteiger partial charge on any atom is 0.410 e. The average Bonchev–Trinajstić information content (AvgIpc) is 3.07. The fourth-order valence-corrected chi connectivity index (χ4v) is 5.09. The van der Waals surface area contributed by atoms with Gasteiger partial charge in [-0.3, -0.25) is 19.6 Å². The Bertz CT molecular complexity index is 1120. The second kappa shape index (κ2) is 8.92. The summed E-state index contributed by atoms with van der Waals surface area (Å²) in [6, 6.07) is 6.33. The Labute approximate surface area is 200 Å². The minimum absolute atomic E-state index is 0.116. The first kappa shape index (κ1) is 24.0. The number of nitrogens with one attached hydrogen (secondary N) is 1. The fraction of sp³-hybridized carbons (Fsp3) is 0.600. The van der Waals surface area contributed by atoms with Crippen molar-refractivity contribution in [3.63, 3.8) is 0 Å². The highest BCUT2D eigenvalue weighted by molar-refractivity contribution is 6.02. The highest BCUT2D eigenvalue weighted by Crippen LogP contribution is 2.34. The first-order valence-corrected chi connectivity index (χ1v) is 12.0. The van der Waals surface area contributed by atoms with E-state index in [9.17, 15) is 14.4 Å². The van der Waals surface area contributed by atoms with Crippen LogP contribution in [-0.2, 0) is 21.4 Å². The van der Waals surface area contributed by atoms with Gasteiger partial charge in [-0.15, -0.1) is 0 Å². The van der Waals surface area contributed by atoms with Gasteiger partial charge >= 0.3 is 6.09 Å². The van der Waals surface area contributed by atoms with E-state index in [4.69, 9.17) is 4.74 Å². The number of carbonyl (C=O) groups excluding carboxylic acids is 3. The number of aromatic nitrogens is 2. The molecule has 4 rings (SSSR count). The molecule has 3 amide bonds. The topological polar surface area (TPSA) is 96.8 Å². The summed E-state index contributed by atoms with van der Waals surface area (Å²) in [6.45, 7) is 9.45. The lowest BCUT2D eigenvalue weighted by Gasteiger charge is -2.42. The molecular weight excluding hydrogens is 434 g/mol. The normalized spacial score (nSPS) is 23.7. The van der Waals surface area contributed by atoms with Crippen LogP contribution in [0.5, 0.6) is 0 Å². The minimum Gasteiger partial charge on any atom is -0.444 e. The van der Waals surface area contributed by atoms with Gasteiger partial charge in [0, 0.05) is 50.7 Å². The summed E-state index contributed by atoms with van der Waals surface area (Å²) >= 11 is 0. The molecule has 2 saturated heterocycles. The third kappa shape index (κ3) is 4.74. The lowest BCUT2D eigenvalue weighted by molar-refractivity contribution is -0.134. The molecule has 1 N–H and O–H groups in total. The molecule has 184 valence electrons. The molecule has 0 spiro atoms. The zero-order valence-corrected chi connectivity index (χ0v) is 20.9. The van der Waals surface area contributed by atoms with Crippen LogP contribution in [0, 0.1) is 5.92 Å². The number of hydrogen-bond acceptors (Lipinski definition) is 6. The lowest BCUT2D eigenvalue weighted by Crippen LogP contribution is -2.51. The van der Waals surface area contributed by atoms with Gasteiger partial charge < -0.3 is 14.5 Å². The van der Waals surface area contributed by atoms with Crippen LogP contribution >= 0.6 is 0 Å². The number of aryl methyl sites for hydroxylation is 1. The number of piperidine rings is 2. The van der Waals surface area contributed by atoms with Crippen LogP contribution in [0.3, 0.4) is 0 Å². The second-order valence-corrected chi connectivity index (χ2v) is 10.6. The molecule has 0 saturated carbocycles. The predicted molar refractivity (Wildman–Crippen MR) is 130 cm³/mol. The van der Waals surface area contributed by atoms with Crippen molar-refractivity contribution in [3.05, 3.63) is 23.9 Å². The number of rotatable bonds is 3. The molecule has 1 aromatic carbocycles. The van der Waals surface area contributed by atoms with E-state index in [-0.39, 0.29) is 29.9 Å². The van der Waals surface area contributed by atoms with E-state index in [0.29, 0.717) is 12.8 Å². The summed E-state index contributed by atoms with van der Waals surface area (Å²) in [5.41, 5.74) is 2.26. The largest absolute Gasteiger partial charge is 0.444 e. The van der Waals surface area contributed by atoms with E-state index >= 15 is 0 Å². The Kier molecular flexibility index (Phi) is 6.31. The van der Waals surface area contributed by atoms with Crippen LogP contribution in [0.1, 0.15) is 58.6 Å². The quantitative estimate of drug-likeness (QED) is 0.694. The Morgan fingerprint density at radius 1 is 1.24 bits per heavy atom. The van der Waals surface area contributed by atoms with E-state index < -0.39 is 11.5 Å². The van der Waals surface area contributed by atoms with Gasteiger partial charge in [-0.05, 0) is 57.7 Å². The molecule has 9 heteroatoms. The molecule has 2 fully saturated rings. The number of anilines is 1. The number of benzene rings is 1. The predicted octanol–water partition coefficient (Wildman–Crippen LogP) is 3.18. The van der Waals surface area contributed by atoms with Crippen molar-refractivity contribution in [1.29, 1.82) is 0 Å². The van der Waals surface area contributed by atoms with Gasteiger partial charge in [0.05, 0.1) is 17.1 Å². The molecule has 2 aliphatic rings. The molecular formula is C25H35N5O4. The number of nitrogens with zero attached hydrogens (tertiary/aromatic N) is 4. The van der Waals surface area contributed by atoms with E-state index in [1.165, 1.54) is 0 Å². The number of fused-ring (bicyclic) bond motifs is 1. The molecule has 3 heterocycles. The molecule has 3 atom stereocenters. The molecule has 0 radical (unpaired) electrons. The molecule has 1 unspecified atom stereocenters. The van der Waals surface area contributed by atoms with E-state index in [1.807, 2.05) is 45.6 Å². The van der Waals surface area contributed by atoms with Crippen molar-refractivity contribution in [3.8, 4) is 0 Å². The Morgan fingerprint density at radius 3 is 2.62 bits per heavy atom. The van der Waals surface area contributed by atoms with Crippen molar-refractivity contribution in [2.24, 2.45) is 13.0 Å². The highest BCUT2D eigenvalue weighted by Gasteiger charge is 2.34. The van der Waals surface area contributed by atoms with Crippen molar-refractivity contribution < 1.29 is 19.1 Å². The number of hydrogen-bond donors (Lipinski definition) is 1. The van der Waals surface area contributed by atoms with Crippen LogP contribution < -0.4 is 10.2 Å². The standard InChI is InChI=1S/C25H35N5O4/c1-15-14-30(12-11-19(15)28(5)24(33)34-25(2,3)4)16-7-8-17-20(13-16)29(6)27-22(17)18-9-10-21(31)26-23(18)32/h7-8,13,15,18-19H,9-12,14H2,1-6H3,(H,26,31,32)/t15-,18?,19-/m0/s1. The summed E-state index contributed by atoms with van der Waals surface area (Å²) in [6.07, 6.45) is 1.38. The third-order valence-corrected chi connectivity index (χ3v) is 6.84. The Hall–Kier alpha value is -3.10. The van der Waals surface area contributed by atoms with Gasteiger partial charge in [0.1, 0.15) is 5.60 Å². The first-order chi connectivity index (χ1) is 15.9. The monoisotopic (exact) mass is 469 g/mol. The van der Waals surface area contributed by atoms with Crippen LogP contribution in [0.25, 0.3) is 10.9 Å². The zero-order chi connectivity index (χ0) is 24.8. The molecule has 0 bridgehead atoms. The minimum atomic E-state index is -0.513. The molecule has 1 aromatic heterocycles. The van der Waals surface area contributed by atoms with Gasteiger partial charge in [0.15, 0.2) is 0 Å². The molecule has 0 aliphatic carbocycles. The number of carbonyl (C=O) groups is 3. The SMILES string of the molecule is C[C@H]1CN(c2ccc3c(C4CCC(=O)NC4=O)nn(C)c3c2)CC[C@@H]1N(C)C(=O)OC(C)(C)C. The number of amides is 3. The maximum atomic E-state index is 12.5. The number of ether oxygens (including phenoxy) is 1. The van der Waals surface area contributed by atoms with Crippen molar-refractivity contribution in [2.75, 3.05) is 25.0 Å². The zero-order valence-electron chi connectivity index (χ0n) is 20.9. The second-order valence-electron chi connectivity index (χ2n) is 10.6. The first-order valence-electron chi connectivity index (χ1n) is 12.0. The van der Waals surface area contributed by atoms with Crippen LogP contribution in [0.15, 0.2) is 18.2 Å². The Balaban J connectivity index is 1.50. The van der Waals surface area contributed by atoms with Gasteiger partial charge in [-0.1, -0.05) is 6.92 Å². The molecule has 2 aromatic rings. The van der Waals surface area contributed by atoms with Crippen molar-refractivity contribution in [2.45, 2.75) is 64.5 Å². The van der Waals surface area contributed by atoms with Gasteiger partial charge in [-0.2, -0.15) is 5.10 Å². The van der Waals surface area contributed by atoms with E-state index in [0.717, 1.165) is 41.8 Å². The summed E-state index contributed by atoms with van der Waals surface area (Å²) in [7, 11) is 3.70. The molecule has 2 aliphatic heterocycles. The van der Waals surface area contributed by atoms with Crippen molar-refractivity contribution >= 4 is 34.5 Å². The summed E-state index contributed by atoms with van der Waals surface area (Å²) in [4.78, 5) is 40.6. The Morgan fingerprint density at radius 2 is 1.97 bits per heavy atom. The third-order valence-electron chi connectivity index (χ3n) is 6.84. The van der Waals surface area contributed by atoms with Gasteiger partial charge in [-0.25, -0.2) is 4.79 Å². The highest BCUT2D eigenvalue weighted by atomic mass is 16.6. The van der Waals surface area contributed by atoms with E-state index in [1.54, 1.807) is 4.90 Å². The van der Waals surface area contributed by atoms with Crippen molar-refractivity contribution in [1.82, 2.24) is 20.0 Å². The van der Waals surface area contributed by atoms with Gasteiger partial charge in [0.2, 0.25) is 11.8 Å². The van der Waals surface area contributed by atoms with Crippen LogP contribution in [0.4, 0.5) is 10.5 Å². The molecule has 9 nitrogen and oxygen atoms in total. The average molecular weight is 470 g/mol. The number of imide groups is 1. The summed E-state index contributed by atoms with van der Waals surface area (Å²) in [5.74, 6) is -0.636. The van der Waals surface area contributed by atoms with Crippen LogP contribution in [-0.4, -0.2) is 64.4 Å². The lowest BCUT2D eigenvalue weighted by atomic mass is 9.91. The summed E-state index contributed by atoms with van der Waals surface area (Å²) < 4.78 is 7.37. The molecule has 34 heavy (non-hydrogen) atoms.